The van der Waals surface area contributed by atoms with Gasteiger partial charge in [-0.3, -0.25) is 0 Å². The zero-order valence-corrected chi connectivity index (χ0v) is 13.3. The minimum atomic E-state index is 0.139. The molecule has 0 amide bonds. The predicted molar refractivity (Wildman–Crippen MR) is 90.5 cm³/mol. The predicted octanol–water partition coefficient (Wildman–Crippen LogP) is 2.24. The summed E-state index contributed by atoms with van der Waals surface area (Å²) < 4.78 is 3.53. The maximum absolute atomic E-state index is 6.07. The van der Waals surface area contributed by atoms with Crippen LogP contribution in [0.25, 0.3) is 28.1 Å². The van der Waals surface area contributed by atoms with Crippen molar-refractivity contribution in [2.24, 2.45) is 0 Å². The van der Waals surface area contributed by atoms with Gasteiger partial charge in [0.1, 0.15) is 23.5 Å². The number of nitrogens with two attached hydrogens (primary N) is 1. The molecule has 0 atom stereocenters. The Morgan fingerprint density at radius 1 is 1.08 bits per heavy atom. The van der Waals surface area contributed by atoms with E-state index >= 15 is 0 Å². The topological polar surface area (TPSA) is 100 Å². The van der Waals surface area contributed by atoms with Gasteiger partial charge < -0.3 is 5.73 Å². The Bertz CT molecular complexity index is 1000. The lowest BCUT2D eigenvalue weighted by molar-refractivity contribution is 0.547. The molecule has 0 spiro atoms. The van der Waals surface area contributed by atoms with Gasteiger partial charge in [-0.15, -0.1) is 5.10 Å². The Morgan fingerprint density at radius 2 is 1.88 bits per heavy atom. The van der Waals surface area contributed by atoms with E-state index in [9.17, 15) is 0 Å². The molecule has 1 aromatic carbocycles. The first-order valence-electron chi connectivity index (χ1n) is 7.62. The van der Waals surface area contributed by atoms with Gasteiger partial charge in [0, 0.05) is 6.04 Å². The van der Waals surface area contributed by atoms with Crippen LogP contribution in [0.4, 0.5) is 5.82 Å². The average molecular weight is 320 g/mol. The van der Waals surface area contributed by atoms with Crippen LogP contribution >= 0.6 is 0 Å². The quantitative estimate of drug-likeness (QED) is 0.621. The fourth-order valence-electron chi connectivity index (χ4n) is 2.61. The Hall–Kier alpha value is -3.29. The molecule has 4 aromatic rings. The van der Waals surface area contributed by atoms with Crippen LogP contribution in [0.15, 0.2) is 42.9 Å². The Kier molecular flexibility index (Phi) is 3.23. The van der Waals surface area contributed by atoms with Crippen LogP contribution in [-0.4, -0.2) is 34.7 Å². The van der Waals surface area contributed by atoms with E-state index in [4.69, 9.17) is 5.73 Å². The number of benzene rings is 1. The van der Waals surface area contributed by atoms with E-state index in [-0.39, 0.29) is 6.04 Å². The largest absolute Gasteiger partial charge is 0.383 e. The van der Waals surface area contributed by atoms with Crippen molar-refractivity contribution in [2.45, 2.75) is 19.9 Å². The summed E-state index contributed by atoms with van der Waals surface area (Å²) >= 11 is 0. The number of nitrogens with zero attached hydrogens (tertiary/aromatic N) is 7. The van der Waals surface area contributed by atoms with Crippen molar-refractivity contribution in [1.82, 2.24) is 34.7 Å². The number of para-hydroxylation sites is 1. The second-order valence-electron chi connectivity index (χ2n) is 5.73. The molecule has 0 saturated heterocycles. The molecular formula is C16H16N8. The summed E-state index contributed by atoms with van der Waals surface area (Å²) in [7, 11) is 0. The molecule has 2 N–H and O–H groups in total. The molecule has 24 heavy (non-hydrogen) atoms. The standard InChI is InChI=1S/C16H16N8/c1-10(2)24-16-13(15(17)18-9-19-16)14(21-24)12-8-23(22-20-12)11-6-4-3-5-7-11/h3-10H,1-2H3,(H2,17,18,19). The smallest absolute Gasteiger partial charge is 0.164 e. The molecule has 0 unspecified atom stereocenters. The van der Waals surface area contributed by atoms with Crippen LogP contribution in [0.2, 0.25) is 0 Å². The van der Waals surface area contributed by atoms with Crippen molar-refractivity contribution in [2.75, 3.05) is 5.73 Å². The van der Waals surface area contributed by atoms with Crippen molar-refractivity contribution < 1.29 is 0 Å². The number of anilines is 1. The van der Waals surface area contributed by atoms with E-state index in [0.29, 0.717) is 28.2 Å². The van der Waals surface area contributed by atoms with Gasteiger partial charge in [-0.2, -0.15) is 5.10 Å². The lowest BCUT2D eigenvalue weighted by atomic mass is 10.2. The second kappa shape index (κ2) is 5.41. The fourth-order valence-corrected chi connectivity index (χ4v) is 2.61. The fraction of sp³-hybridized carbons (Fsp3) is 0.188. The molecule has 8 nitrogen and oxygen atoms in total. The van der Waals surface area contributed by atoms with Gasteiger partial charge in [-0.1, -0.05) is 23.4 Å². The Labute approximate surface area is 138 Å². The van der Waals surface area contributed by atoms with E-state index in [0.717, 1.165) is 5.69 Å². The molecule has 0 aliphatic rings. The molecule has 0 radical (unpaired) electrons. The normalized spacial score (nSPS) is 11.5. The number of nitrogen functional groups attached to an aromatic ring is 1. The summed E-state index contributed by atoms with van der Waals surface area (Å²) in [6.07, 6.45) is 3.27. The minimum absolute atomic E-state index is 0.139. The van der Waals surface area contributed by atoms with Gasteiger partial charge in [-0.05, 0) is 26.0 Å². The van der Waals surface area contributed by atoms with E-state index in [2.05, 4.69) is 25.4 Å². The number of rotatable bonds is 3. The summed E-state index contributed by atoms with van der Waals surface area (Å²) in [6.45, 7) is 4.07. The van der Waals surface area contributed by atoms with Crippen molar-refractivity contribution >= 4 is 16.9 Å². The third-order valence-corrected chi connectivity index (χ3v) is 3.76. The molecule has 0 fully saturated rings. The van der Waals surface area contributed by atoms with Crippen LogP contribution in [-0.2, 0) is 0 Å². The van der Waals surface area contributed by atoms with E-state index in [1.165, 1.54) is 6.33 Å². The highest BCUT2D eigenvalue weighted by Gasteiger charge is 2.20. The zero-order valence-electron chi connectivity index (χ0n) is 13.3. The lowest BCUT2D eigenvalue weighted by Crippen LogP contribution is -2.04. The molecule has 0 aliphatic carbocycles. The third kappa shape index (κ3) is 2.19. The molecule has 3 aromatic heterocycles. The van der Waals surface area contributed by atoms with Crippen molar-refractivity contribution in [3.05, 3.63) is 42.9 Å². The van der Waals surface area contributed by atoms with Crippen LogP contribution in [0.3, 0.4) is 0 Å². The lowest BCUT2D eigenvalue weighted by Gasteiger charge is -2.05. The second-order valence-corrected chi connectivity index (χ2v) is 5.73. The number of hydrogen-bond donors (Lipinski definition) is 1. The van der Waals surface area contributed by atoms with Gasteiger partial charge in [0.05, 0.1) is 17.3 Å². The Morgan fingerprint density at radius 3 is 2.62 bits per heavy atom. The first-order chi connectivity index (χ1) is 11.6. The maximum atomic E-state index is 6.07. The van der Waals surface area contributed by atoms with Crippen LogP contribution < -0.4 is 5.73 Å². The van der Waals surface area contributed by atoms with E-state index < -0.39 is 0 Å². The molecule has 0 aliphatic heterocycles. The number of hydrogen-bond acceptors (Lipinski definition) is 6. The SMILES string of the molecule is CC(C)n1nc(-c2cn(-c3ccccc3)nn2)c2c(N)ncnc21. The molecule has 120 valence electrons. The van der Waals surface area contributed by atoms with E-state index in [1.54, 1.807) is 4.68 Å². The zero-order chi connectivity index (χ0) is 16.7. The van der Waals surface area contributed by atoms with Gasteiger partial charge in [0.25, 0.3) is 0 Å². The highest BCUT2D eigenvalue weighted by molar-refractivity contribution is 5.97. The average Bonchev–Trinajstić information content (AvgIpc) is 3.21. The van der Waals surface area contributed by atoms with Gasteiger partial charge in [0.15, 0.2) is 5.65 Å². The molecule has 8 heteroatoms. The molecular weight excluding hydrogens is 304 g/mol. The first kappa shape index (κ1) is 14.3. The maximum Gasteiger partial charge on any atom is 0.164 e. The summed E-state index contributed by atoms with van der Waals surface area (Å²) in [5.41, 5.74) is 8.95. The minimum Gasteiger partial charge on any atom is -0.383 e. The third-order valence-electron chi connectivity index (χ3n) is 3.76. The molecule has 3 heterocycles. The van der Waals surface area contributed by atoms with Crippen LogP contribution in [0, 0.1) is 0 Å². The first-order valence-corrected chi connectivity index (χ1v) is 7.62. The summed E-state index contributed by atoms with van der Waals surface area (Å²) in [5.74, 6) is 0.385. The van der Waals surface area contributed by atoms with Gasteiger partial charge in [0.2, 0.25) is 0 Å². The highest BCUT2D eigenvalue weighted by Crippen LogP contribution is 2.30. The molecule has 0 bridgehead atoms. The summed E-state index contributed by atoms with van der Waals surface area (Å²) in [6, 6.07) is 9.91. The van der Waals surface area contributed by atoms with Crippen molar-refractivity contribution in [3.8, 4) is 17.1 Å². The van der Waals surface area contributed by atoms with Gasteiger partial charge >= 0.3 is 0 Å². The Balaban J connectivity index is 1.90. The monoisotopic (exact) mass is 320 g/mol. The molecule has 0 saturated carbocycles. The van der Waals surface area contributed by atoms with Crippen molar-refractivity contribution in [3.63, 3.8) is 0 Å². The van der Waals surface area contributed by atoms with Crippen molar-refractivity contribution in [1.29, 1.82) is 0 Å². The summed E-state index contributed by atoms with van der Waals surface area (Å²) in [4.78, 5) is 8.42. The van der Waals surface area contributed by atoms with Gasteiger partial charge in [-0.25, -0.2) is 19.3 Å². The van der Waals surface area contributed by atoms with Crippen LogP contribution in [0.5, 0.6) is 0 Å². The van der Waals surface area contributed by atoms with E-state index in [1.807, 2.05) is 55.1 Å². The number of fused-ring (bicyclic) bond motifs is 1. The molecule has 4 rings (SSSR count). The summed E-state index contributed by atoms with van der Waals surface area (Å²) in [5, 5.41) is 13.8. The van der Waals surface area contributed by atoms with Crippen LogP contribution in [0.1, 0.15) is 19.9 Å². The number of aromatic nitrogens is 7. The highest BCUT2D eigenvalue weighted by atomic mass is 15.4.